The molecule has 4 aliphatic carbocycles. The first-order valence-corrected chi connectivity index (χ1v) is 13.1. The van der Waals surface area contributed by atoms with Gasteiger partial charge >= 0.3 is 5.97 Å². The monoisotopic (exact) mass is 490 g/mol. The minimum absolute atomic E-state index is 0.00136. The van der Waals surface area contributed by atoms with Crippen molar-refractivity contribution >= 4 is 17.5 Å². The van der Waals surface area contributed by atoms with E-state index in [1.807, 2.05) is 13.8 Å². The van der Waals surface area contributed by atoms with Crippen LogP contribution in [0.1, 0.15) is 79.6 Å². The SMILES string of the molecule is COC(=O)CC[C@@H](C)[C@H]1C[C@H](O)[C@@]2(C)C3=C(C(=O)C[C@]12C)[C@@]1(C)CCC(=O)[C@](C)(CO)[C@@H]1C[C@@H]3O. The second-order valence-electron chi connectivity index (χ2n) is 12.7. The number of carbonyl (C=O) groups is 3. The first-order chi connectivity index (χ1) is 16.2. The summed E-state index contributed by atoms with van der Waals surface area (Å²) < 4.78 is 4.81. The number of Topliss-reactive ketones (excluding diaryl/α,β-unsaturated/α-hetero) is 2. The van der Waals surface area contributed by atoms with Gasteiger partial charge in [0.15, 0.2) is 5.78 Å². The zero-order chi connectivity index (χ0) is 26.1. The molecule has 4 aliphatic rings. The van der Waals surface area contributed by atoms with Gasteiger partial charge in [0.2, 0.25) is 0 Å². The van der Waals surface area contributed by atoms with Crippen molar-refractivity contribution in [3.8, 4) is 0 Å². The molecule has 0 spiro atoms. The van der Waals surface area contributed by atoms with Crippen LogP contribution in [0.15, 0.2) is 11.1 Å². The summed E-state index contributed by atoms with van der Waals surface area (Å²) in [5.74, 6) is -0.564. The van der Waals surface area contributed by atoms with Crippen molar-refractivity contribution in [2.24, 2.45) is 39.4 Å². The van der Waals surface area contributed by atoms with E-state index in [0.717, 1.165) is 0 Å². The number of esters is 1. The lowest BCUT2D eigenvalue weighted by molar-refractivity contribution is -0.152. The third-order valence-corrected chi connectivity index (χ3v) is 11.2. The minimum atomic E-state index is -1.01. The van der Waals surface area contributed by atoms with E-state index in [1.54, 1.807) is 6.92 Å². The normalized spacial score (nSPS) is 46.1. The van der Waals surface area contributed by atoms with E-state index >= 15 is 0 Å². The lowest BCUT2D eigenvalue weighted by atomic mass is 9.42. The Hall–Kier alpha value is -1.57. The number of methoxy groups -OCH3 is 1. The van der Waals surface area contributed by atoms with Crippen molar-refractivity contribution in [3.05, 3.63) is 11.1 Å². The van der Waals surface area contributed by atoms with Crippen LogP contribution in [0.5, 0.6) is 0 Å². The second kappa shape index (κ2) is 8.49. The number of hydrogen-bond acceptors (Lipinski definition) is 7. The zero-order valence-corrected chi connectivity index (χ0v) is 22.0. The summed E-state index contributed by atoms with van der Waals surface area (Å²) in [5.41, 5.74) is -1.78. The largest absolute Gasteiger partial charge is 0.469 e. The summed E-state index contributed by atoms with van der Waals surface area (Å²) >= 11 is 0. The molecule has 7 nitrogen and oxygen atoms in total. The molecule has 0 radical (unpaired) electrons. The molecule has 0 heterocycles. The van der Waals surface area contributed by atoms with Gasteiger partial charge in [-0.3, -0.25) is 14.4 Å². The van der Waals surface area contributed by atoms with Crippen molar-refractivity contribution in [3.63, 3.8) is 0 Å². The predicted molar refractivity (Wildman–Crippen MR) is 129 cm³/mol. The average Bonchev–Trinajstić information content (AvgIpc) is 3.02. The van der Waals surface area contributed by atoms with Crippen molar-refractivity contribution in [1.82, 2.24) is 0 Å². The molecule has 7 heteroatoms. The summed E-state index contributed by atoms with van der Waals surface area (Å²) in [6.07, 6.45) is 1.02. The first kappa shape index (κ1) is 26.5. The number of ether oxygens (including phenoxy) is 1. The molecular weight excluding hydrogens is 448 g/mol. The van der Waals surface area contributed by atoms with E-state index in [1.165, 1.54) is 7.11 Å². The molecule has 2 fully saturated rings. The Morgan fingerprint density at radius 1 is 1.14 bits per heavy atom. The lowest BCUT2D eigenvalue weighted by Gasteiger charge is -2.61. The van der Waals surface area contributed by atoms with Gasteiger partial charge in [-0.2, -0.15) is 0 Å². The molecule has 3 N–H and O–H groups in total. The van der Waals surface area contributed by atoms with Crippen LogP contribution in [0.4, 0.5) is 0 Å². The Morgan fingerprint density at radius 3 is 2.40 bits per heavy atom. The molecular formula is C28H42O7. The van der Waals surface area contributed by atoms with Crippen LogP contribution in [0.2, 0.25) is 0 Å². The molecule has 0 saturated heterocycles. The smallest absolute Gasteiger partial charge is 0.305 e. The number of aliphatic hydroxyl groups is 3. The standard InChI is InChI=1S/C28H42O7/c1-15(7-8-22(34)35-6)16-11-21(33)28(5)24-17(30)12-19-25(2,10-9-20(32)26(19,3)14-29)23(24)18(31)13-27(16,28)4/h15-17,19,21,29-30,33H,7-14H2,1-6H3/t15-,16-,17+,19-,21+,25+,26-,27-,28+/m1/s1. The van der Waals surface area contributed by atoms with Crippen LogP contribution >= 0.6 is 0 Å². The van der Waals surface area contributed by atoms with Crippen LogP contribution in [0.3, 0.4) is 0 Å². The number of carbonyl (C=O) groups excluding carboxylic acids is 3. The number of allylic oxidation sites excluding steroid dienone is 1. The Labute approximate surface area is 208 Å². The number of rotatable bonds is 5. The maximum atomic E-state index is 14.0. The van der Waals surface area contributed by atoms with Gasteiger partial charge in [-0.25, -0.2) is 0 Å². The highest BCUT2D eigenvalue weighted by Gasteiger charge is 2.70. The van der Waals surface area contributed by atoms with Gasteiger partial charge in [0.05, 0.1) is 31.3 Å². The number of fused-ring (bicyclic) bond motifs is 4. The Balaban J connectivity index is 1.81. The number of ketones is 2. The maximum Gasteiger partial charge on any atom is 0.305 e. The third kappa shape index (κ3) is 3.37. The van der Waals surface area contributed by atoms with E-state index in [0.29, 0.717) is 30.4 Å². The highest BCUT2D eigenvalue weighted by Crippen LogP contribution is 2.71. The van der Waals surface area contributed by atoms with Crippen molar-refractivity contribution in [1.29, 1.82) is 0 Å². The fourth-order valence-corrected chi connectivity index (χ4v) is 8.87. The second-order valence-corrected chi connectivity index (χ2v) is 12.7. The molecule has 0 aromatic heterocycles. The molecule has 0 unspecified atom stereocenters. The van der Waals surface area contributed by atoms with Crippen molar-refractivity contribution in [2.75, 3.05) is 13.7 Å². The Kier molecular flexibility index (Phi) is 6.43. The topological polar surface area (TPSA) is 121 Å². The van der Waals surface area contributed by atoms with Gasteiger partial charge in [0.25, 0.3) is 0 Å². The van der Waals surface area contributed by atoms with Crippen LogP contribution in [0.25, 0.3) is 0 Å². The zero-order valence-electron chi connectivity index (χ0n) is 22.0. The highest BCUT2D eigenvalue weighted by atomic mass is 16.5. The van der Waals surface area contributed by atoms with Gasteiger partial charge in [0.1, 0.15) is 5.78 Å². The molecule has 2 saturated carbocycles. The quantitative estimate of drug-likeness (QED) is 0.507. The number of hydrogen-bond donors (Lipinski definition) is 3. The molecule has 0 aromatic rings. The lowest BCUT2D eigenvalue weighted by Crippen LogP contribution is -2.61. The minimum Gasteiger partial charge on any atom is -0.469 e. The van der Waals surface area contributed by atoms with E-state index in [-0.39, 0.29) is 67.6 Å². The summed E-state index contributed by atoms with van der Waals surface area (Å²) in [6, 6.07) is 0. The van der Waals surface area contributed by atoms with E-state index in [9.17, 15) is 29.7 Å². The van der Waals surface area contributed by atoms with Crippen LogP contribution in [-0.2, 0) is 19.1 Å². The third-order valence-electron chi connectivity index (χ3n) is 11.2. The van der Waals surface area contributed by atoms with E-state index in [2.05, 4.69) is 13.8 Å². The first-order valence-electron chi connectivity index (χ1n) is 13.1. The molecule has 0 bridgehead atoms. The molecule has 35 heavy (non-hydrogen) atoms. The van der Waals surface area contributed by atoms with Gasteiger partial charge < -0.3 is 20.1 Å². The van der Waals surface area contributed by atoms with Gasteiger partial charge in [0, 0.05) is 35.7 Å². The maximum absolute atomic E-state index is 14.0. The van der Waals surface area contributed by atoms with Gasteiger partial charge in [-0.05, 0) is 54.4 Å². The molecule has 9 atom stereocenters. The summed E-state index contributed by atoms with van der Waals surface area (Å²) in [6.45, 7) is 9.60. The fourth-order valence-electron chi connectivity index (χ4n) is 8.87. The van der Waals surface area contributed by atoms with Crippen LogP contribution in [-0.4, -0.2) is 58.8 Å². The summed E-state index contributed by atoms with van der Waals surface area (Å²) in [7, 11) is 1.37. The number of aliphatic hydroxyl groups excluding tert-OH is 3. The predicted octanol–water partition coefficient (Wildman–Crippen LogP) is 2.99. The van der Waals surface area contributed by atoms with Crippen LogP contribution < -0.4 is 0 Å². The van der Waals surface area contributed by atoms with E-state index in [4.69, 9.17) is 4.74 Å². The summed E-state index contributed by atoms with van der Waals surface area (Å²) in [5, 5.41) is 33.4. The van der Waals surface area contributed by atoms with Crippen LogP contribution in [0, 0.1) is 39.4 Å². The van der Waals surface area contributed by atoms with Gasteiger partial charge in [-0.15, -0.1) is 0 Å². The molecule has 196 valence electrons. The van der Waals surface area contributed by atoms with Crippen molar-refractivity contribution < 1.29 is 34.4 Å². The molecule has 0 aromatic carbocycles. The molecule has 0 amide bonds. The van der Waals surface area contributed by atoms with E-state index < -0.39 is 33.9 Å². The molecule has 0 aliphatic heterocycles. The van der Waals surface area contributed by atoms with Crippen molar-refractivity contribution in [2.45, 2.75) is 91.8 Å². The molecule has 4 rings (SSSR count). The van der Waals surface area contributed by atoms with Gasteiger partial charge in [-0.1, -0.05) is 34.6 Å². The Morgan fingerprint density at radius 2 is 1.80 bits per heavy atom. The summed E-state index contributed by atoms with van der Waals surface area (Å²) in [4.78, 5) is 38.7. The fraction of sp³-hybridized carbons (Fsp3) is 0.821. The Bertz CT molecular complexity index is 970. The highest BCUT2D eigenvalue weighted by molar-refractivity contribution is 6.01. The average molecular weight is 491 g/mol.